The van der Waals surface area contributed by atoms with Gasteiger partial charge in [-0.3, -0.25) is 0 Å². The fraction of sp³-hybridized carbons (Fsp3) is 0.333. The van der Waals surface area contributed by atoms with Gasteiger partial charge in [-0.25, -0.2) is 0 Å². The molecule has 0 aliphatic heterocycles. The number of anilines is 1. The number of benzene rings is 1. The molecule has 0 bridgehead atoms. The first-order valence-electron chi connectivity index (χ1n) is 5.07. The van der Waals surface area contributed by atoms with Crippen LogP contribution in [0.3, 0.4) is 0 Å². The summed E-state index contributed by atoms with van der Waals surface area (Å²) in [5, 5.41) is 9.52. The molecule has 16 heavy (non-hydrogen) atoms. The zero-order valence-corrected chi connectivity index (χ0v) is 11.7. The van der Waals surface area contributed by atoms with E-state index in [1.54, 1.807) is 0 Å². The summed E-state index contributed by atoms with van der Waals surface area (Å²) < 4.78 is 1.25. The van der Waals surface area contributed by atoms with Crippen LogP contribution in [0.15, 0.2) is 24.3 Å². The van der Waals surface area contributed by atoms with Crippen molar-refractivity contribution in [2.75, 3.05) is 5.32 Å². The molecule has 0 aliphatic carbocycles. The van der Waals surface area contributed by atoms with Crippen molar-refractivity contribution >= 4 is 36.7 Å². The average Bonchev–Trinajstić information content (AvgIpc) is 2.16. The van der Waals surface area contributed by atoms with Crippen LogP contribution in [-0.4, -0.2) is 32.2 Å². The van der Waals surface area contributed by atoms with Crippen LogP contribution in [0.5, 0.6) is 0 Å². The number of hydrogen-bond acceptors (Lipinski definition) is 1. The zero-order valence-electron chi connectivity index (χ0n) is 9.87. The molecule has 3 nitrogen and oxygen atoms in total. The van der Waals surface area contributed by atoms with Crippen molar-refractivity contribution in [1.29, 1.82) is 0 Å². The van der Waals surface area contributed by atoms with Crippen molar-refractivity contribution in [1.82, 2.24) is 5.32 Å². The summed E-state index contributed by atoms with van der Waals surface area (Å²) in [7, 11) is 0. The van der Waals surface area contributed by atoms with E-state index in [-0.39, 0.29) is 26.9 Å². The Hall–Kier alpha value is -1.08. The number of hydrogen-bond donors (Lipinski definition) is 2. The predicted octanol–water partition coefficient (Wildman–Crippen LogP) is 1.37. The Morgan fingerprint density at radius 2 is 1.81 bits per heavy atom. The van der Waals surface area contributed by atoms with Gasteiger partial charge in [0.1, 0.15) is 0 Å². The Labute approximate surface area is 103 Å². The van der Waals surface area contributed by atoms with E-state index in [9.17, 15) is 4.79 Å². The van der Waals surface area contributed by atoms with E-state index in [0.29, 0.717) is 0 Å². The van der Waals surface area contributed by atoms with E-state index < -0.39 is 0 Å². The summed E-state index contributed by atoms with van der Waals surface area (Å²) in [5.74, 6) is 0. The number of urea groups is 1. The van der Waals surface area contributed by atoms with E-state index in [1.165, 1.54) is 4.35 Å². The topological polar surface area (TPSA) is 41.1 Å². The summed E-state index contributed by atoms with van der Waals surface area (Å²) >= 11 is 0.00502. The third-order valence-corrected chi connectivity index (χ3v) is 3.19. The van der Waals surface area contributed by atoms with Gasteiger partial charge >= 0.3 is 103 Å². The second-order valence-corrected chi connectivity index (χ2v) is 6.28. The molecule has 2 amide bonds. The van der Waals surface area contributed by atoms with Gasteiger partial charge in [0.25, 0.3) is 0 Å². The van der Waals surface area contributed by atoms with Crippen LogP contribution in [0.4, 0.5) is 10.5 Å². The van der Waals surface area contributed by atoms with Crippen molar-refractivity contribution in [3.8, 4) is 0 Å². The molecular weight excluding hydrogens is 263 g/mol. The van der Waals surface area contributed by atoms with Crippen molar-refractivity contribution in [3.63, 3.8) is 0 Å². The second kappa shape index (κ2) is 5.31. The van der Waals surface area contributed by atoms with E-state index in [0.717, 1.165) is 5.69 Å². The Morgan fingerprint density at radius 1 is 1.25 bits per heavy atom. The Balaban J connectivity index is 2.59. The van der Waals surface area contributed by atoms with E-state index in [2.05, 4.69) is 15.9 Å². The zero-order chi connectivity index (χ0) is 12.2. The summed E-state index contributed by atoms with van der Waals surface area (Å²) in [6.07, 6.45) is 0. The number of carbonyl (C=O) groups is 1. The normalized spacial score (nSPS) is 11.2. The van der Waals surface area contributed by atoms with Crippen molar-refractivity contribution in [2.45, 2.75) is 26.3 Å². The Kier molecular flexibility index (Phi) is 4.31. The molecule has 0 saturated carbocycles. The van der Waals surface area contributed by atoms with Crippen molar-refractivity contribution < 1.29 is 4.79 Å². The van der Waals surface area contributed by atoms with Crippen molar-refractivity contribution in [3.05, 3.63) is 24.3 Å². The number of amides is 2. The van der Waals surface area contributed by atoms with Gasteiger partial charge in [-0.05, 0) is 0 Å². The van der Waals surface area contributed by atoms with E-state index >= 15 is 0 Å². The molecule has 2 N–H and O–H groups in total. The third kappa shape index (κ3) is 4.63. The molecule has 0 spiro atoms. The molecule has 1 aromatic carbocycles. The molecule has 0 radical (unpaired) electrons. The molecule has 0 aromatic heterocycles. The van der Waals surface area contributed by atoms with Gasteiger partial charge in [-0.15, -0.1) is 0 Å². The molecule has 0 saturated heterocycles. The van der Waals surface area contributed by atoms with Gasteiger partial charge in [0, 0.05) is 0 Å². The van der Waals surface area contributed by atoms with Crippen LogP contribution in [0.1, 0.15) is 20.8 Å². The molecule has 4 heteroatoms. The quantitative estimate of drug-likeness (QED) is 0.789. The molecule has 86 valence electrons. The number of nitrogens with one attached hydrogen (secondary N) is 2. The summed E-state index contributed by atoms with van der Waals surface area (Å²) in [6, 6.07) is 7.62. The van der Waals surface area contributed by atoms with Gasteiger partial charge in [-0.1, -0.05) is 0 Å². The molecule has 0 atom stereocenters. The maximum absolute atomic E-state index is 11.6. The van der Waals surface area contributed by atoms with Crippen LogP contribution in [-0.2, 0) is 0 Å². The van der Waals surface area contributed by atoms with E-state index in [1.807, 2.05) is 45.0 Å². The number of carbonyl (C=O) groups excluding carboxylic acids is 1. The van der Waals surface area contributed by atoms with Crippen LogP contribution in [0.25, 0.3) is 0 Å². The second-order valence-electron chi connectivity index (χ2n) is 4.53. The van der Waals surface area contributed by atoms with Crippen LogP contribution in [0.2, 0.25) is 0 Å². The van der Waals surface area contributed by atoms with Crippen LogP contribution < -0.4 is 15.0 Å². The van der Waals surface area contributed by atoms with E-state index in [4.69, 9.17) is 0 Å². The molecule has 0 aliphatic rings. The third-order valence-electron chi connectivity index (χ3n) is 1.80. The minimum atomic E-state index is -0.220. The predicted molar refractivity (Wildman–Crippen MR) is 70.9 cm³/mol. The monoisotopic (exact) mass is 280 g/mol. The standard InChI is InChI=1S/C12H17AsN2O/c1-12(2,3)15-11(16)14-10-7-5-9(13-4)6-8-10/h5-8H,4H2,1-3H3,(H2,14,15,16). The fourth-order valence-electron chi connectivity index (χ4n) is 1.15. The first-order chi connectivity index (χ1) is 7.40. The van der Waals surface area contributed by atoms with Gasteiger partial charge in [-0.2, -0.15) is 0 Å². The summed E-state index contributed by atoms with van der Waals surface area (Å²) in [5.41, 5.74) is 0.585. The molecule has 0 heterocycles. The minimum absolute atomic E-state index is 0.00502. The molecular formula is C12H17AsN2O. The van der Waals surface area contributed by atoms with Crippen LogP contribution >= 0.6 is 0 Å². The molecule has 1 rings (SSSR count). The summed E-state index contributed by atoms with van der Waals surface area (Å²) in [4.78, 5) is 11.6. The van der Waals surface area contributed by atoms with Crippen molar-refractivity contribution in [2.24, 2.45) is 0 Å². The van der Waals surface area contributed by atoms with Gasteiger partial charge in [0.2, 0.25) is 0 Å². The molecule has 1 aromatic rings. The van der Waals surface area contributed by atoms with Gasteiger partial charge in [0.05, 0.1) is 0 Å². The molecule has 0 fully saturated rings. The molecule has 0 unspecified atom stereocenters. The van der Waals surface area contributed by atoms with Crippen LogP contribution in [0, 0.1) is 0 Å². The summed E-state index contributed by atoms with van der Waals surface area (Å²) in [6.45, 7) is 5.84. The van der Waals surface area contributed by atoms with Gasteiger partial charge in [0.15, 0.2) is 0 Å². The first kappa shape index (κ1) is 13.0. The maximum atomic E-state index is 11.6. The van der Waals surface area contributed by atoms with Gasteiger partial charge < -0.3 is 0 Å². The Bertz CT molecular complexity index is 379. The first-order valence-corrected chi connectivity index (χ1v) is 7.33. The average molecular weight is 280 g/mol. The number of rotatable bonds is 2. The Morgan fingerprint density at radius 3 is 2.25 bits per heavy atom. The SMILES string of the molecule is C=[As]c1ccc(NC(=O)NC(C)(C)C)cc1. The fourth-order valence-corrected chi connectivity index (χ4v) is 1.91.